The lowest BCUT2D eigenvalue weighted by atomic mass is 9.85. The number of carbonyl (C=O) groups excluding carboxylic acids is 1. The summed E-state index contributed by atoms with van der Waals surface area (Å²) in [5, 5.41) is 3.50. The van der Waals surface area contributed by atoms with Gasteiger partial charge in [-0.05, 0) is 36.2 Å². The second-order valence-corrected chi connectivity index (χ2v) is 7.60. The molecule has 0 radical (unpaired) electrons. The summed E-state index contributed by atoms with van der Waals surface area (Å²) in [5.41, 5.74) is 3.14. The minimum Gasteiger partial charge on any atom is -0.493 e. The van der Waals surface area contributed by atoms with E-state index in [9.17, 15) is 4.79 Å². The Morgan fingerprint density at radius 1 is 1.08 bits per heavy atom. The maximum absolute atomic E-state index is 12.8. The Morgan fingerprint density at radius 3 is 2.69 bits per heavy atom. The first-order chi connectivity index (χ1) is 12.7. The number of methoxy groups -OCH3 is 2. The van der Waals surface area contributed by atoms with Crippen LogP contribution in [0.1, 0.15) is 23.7 Å². The monoisotopic (exact) mass is 367 g/mol. The molecule has 2 aliphatic rings. The van der Waals surface area contributed by atoms with Crippen molar-refractivity contribution >= 4 is 23.2 Å². The molecule has 1 N–H and O–H groups in total. The number of allylic oxidation sites excluding steroid dienone is 2. The van der Waals surface area contributed by atoms with Crippen LogP contribution in [0.3, 0.4) is 0 Å². The fourth-order valence-electron chi connectivity index (χ4n) is 3.61. The summed E-state index contributed by atoms with van der Waals surface area (Å²) >= 11 is 1.73. The maximum Gasteiger partial charge on any atom is 0.161 e. The van der Waals surface area contributed by atoms with E-state index in [1.54, 1.807) is 26.0 Å². The molecule has 1 aliphatic heterocycles. The van der Waals surface area contributed by atoms with E-state index < -0.39 is 0 Å². The third-order valence-corrected chi connectivity index (χ3v) is 6.30. The van der Waals surface area contributed by atoms with E-state index in [4.69, 9.17) is 9.47 Å². The molecule has 0 saturated carbocycles. The van der Waals surface area contributed by atoms with Gasteiger partial charge in [0.1, 0.15) is 5.78 Å². The topological polar surface area (TPSA) is 47.6 Å². The van der Waals surface area contributed by atoms with E-state index in [1.807, 2.05) is 30.3 Å². The molecule has 2 atom stereocenters. The standard InChI is InChI=1S/C21H21NO3S/c1-24-17-11-10-13(12-18(17)25-2)21-20-15(7-5-8-16(20)23)22-14-6-3-4-9-19(14)26-21/h3-4,6-7,9-12,20-22H,5,8H2,1-2H3/t20-,21-/m0/s1. The van der Waals surface area contributed by atoms with Gasteiger partial charge in [0.15, 0.2) is 11.5 Å². The van der Waals surface area contributed by atoms with Crippen molar-refractivity contribution in [2.24, 2.45) is 5.92 Å². The number of hydrogen-bond acceptors (Lipinski definition) is 5. The minimum atomic E-state index is -0.181. The lowest BCUT2D eigenvalue weighted by Crippen LogP contribution is -2.27. The Kier molecular flexibility index (Phi) is 4.64. The van der Waals surface area contributed by atoms with E-state index in [2.05, 4.69) is 23.5 Å². The fourth-order valence-corrected chi connectivity index (χ4v) is 5.00. The van der Waals surface area contributed by atoms with Gasteiger partial charge in [0, 0.05) is 22.3 Å². The van der Waals surface area contributed by atoms with Crippen molar-refractivity contribution in [3.05, 3.63) is 59.8 Å². The Hall–Kier alpha value is -2.40. The third kappa shape index (κ3) is 2.97. The van der Waals surface area contributed by atoms with Crippen LogP contribution in [0.4, 0.5) is 5.69 Å². The highest BCUT2D eigenvalue weighted by atomic mass is 32.2. The van der Waals surface area contributed by atoms with E-state index in [0.717, 1.165) is 28.3 Å². The van der Waals surface area contributed by atoms with Gasteiger partial charge in [0.25, 0.3) is 0 Å². The van der Waals surface area contributed by atoms with Crippen molar-refractivity contribution < 1.29 is 14.3 Å². The van der Waals surface area contributed by atoms with Crippen LogP contribution in [-0.2, 0) is 4.79 Å². The fraction of sp³-hybridized carbons (Fsp3) is 0.286. The molecule has 4 nitrogen and oxygen atoms in total. The molecule has 0 aromatic heterocycles. The van der Waals surface area contributed by atoms with E-state index in [1.165, 1.54) is 0 Å². The highest BCUT2D eigenvalue weighted by Gasteiger charge is 2.38. The van der Waals surface area contributed by atoms with Gasteiger partial charge >= 0.3 is 0 Å². The molecule has 26 heavy (non-hydrogen) atoms. The summed E-state index contributed by atoms with van der Waals surface area (Å²) < 4.78 is 10.8. The zero-order valence-corrected chi connectivity index (χ0v) is 15.6. The summed E-state index contributed by atoms with van der Waals surface area (Å²) in [5.74, 6) is 1.48. The Bertz CT molecular complexity index is 877. The summed E-state index contributed by atoms with van der Waals surface area (Å²) in [4.78, 5) is 14.0. The van der Waals surface area contributed by atoms with Crippen LogP contribution in [0.5, 0.6) is 11.5 Å². The number of nitrogens with one attached hydrogen (secondary N) is 1. The van der Waals surface area contributed by atoms with Crippen LogP contribution < -0.4 is 14.8 Å². The van der Waals surface area contributed by atoms with Crippen LogP contribution in [0.2, 0.25) is 0 Å². The van der Waals surface area contributed by atoms with E-state index >= 15 is 0 Å². The molecule has 0 amide bonds. The van der Waals surface area contributed by atoms with Gasteiger partial charge in [-0.2, -0.15) is 0 Å². The van der Waals surface area contributed by atoms with Gasteiger partial charge in [0.2, 0.25) is 0 Å². The molecule has 5 heteroatoms. The van der Waals surface area contributed by atoms with Gasteiger partial charge in [-0.15, -0.1) is 11.8 Å². The largest absolute Gasteiger partial charge is 0.493 e. The predicted octanol–water partition coefficient (Wildman–Crippen LogP) is 4.83. The average Bonchev–Trinajstić information content (AvgIpc) is 2.84. The number of benzene rings is 2. The van der Waals surface area contributed by atoms with Crippen molar-refractivity contribution in [2.75, 3.05) is 19.5 Å². The lowest BCUT2D eigenvalue weighted by molar-refractivity contribution is -0.122. The van der Waals surface area contributed by atoms with E-state index in [-0.39, 0.29) is 17.0 Å². The molecule has 1 aliphatic carbocycles. The molecule has 1 heterocycles. The molecule has 0 saturated heterocycles. The zero-order chi connectivity index (χ0) is 18.1. The normalized spacial score (nSPS) is 21.6. The Morgan fingerprint density at radius 2 is 1.88 bits per heavy atom. The molecule has 0 spiro atoms. The van der Waals surface area contributed by atoms with Gasteiger partial charge in [-0.25, -0.2) is 0 Å². The lowest BCUT2D eigenvalue weighted by Gasteiger charge is -2.28. The average molecular weight is 367 g/mol. The number of Topliss-reactive ketones (excluding diaryl/α,β-unsaturated/α-hetero) is 1. The molecule has 2 aromatic rings. The first-order valence-electron chi connectivity index (χ1n) is 8.68. The Labute approximate surface area is 157 Å². The van der Waals surface area contributed by atoms with Gasteiger partial charge in [-0.1, -0.05) is 24.3 Å². The van der Waals surface area contributed by atoms with Gasteiger partial charge in [-0.3, -0.25) is 4.79 Å². The number of thioether (sulfide) groups is 1. The quantitative estimate of drug-likeness (QED) is 0.842. The van der Waals surface area contributed by atoms with Crippen LogP contribution in [0, 0.1) is 5.92 Å². The van der Waals surface area contributed by atoms with Crippen LogP contribution in [0.15, 0.2) is 59.1 Å². The summed E-state index contributed by atoms with van der Waals surface area (Å²) in [6.07, 6.45) is 3.56. The second kappa shape index (κ2) is 7.08. The summed E-state index contributed by atoms with van der Waals surface area (Å²) in [7, 11) is 3.26. The molecule has 0 bridgehead atoms. The Balaban J connectivity index is 1.83. The number of para-hydroxylation sites is 1. The minimum absolute atomic E-state index is 0.00925. The first kappa shape index (κ1) is 17.0. The van der Waals surface area contributed by atoms with Gasteiger partial charge in [0.05, 0.1) is 25.8 Å². The smallest absolute Gasteiger partial charge is 0.161 e. The number of carbonyl (C=O) groups is 1. The summed E-state index contributed by atoms with van der Waals surface area (Å²) in [6, 6.07) is 14.2. The van der Waals surface area contributed by atoms with Crippen molar-refractivity contribution in [1.29, 1.82) is 0 Å². The molecular formula is C21H21NO3S. The molecular weight excluding hydrogens is 346 g/mol. The molecule has 4 rings (SSSR count). The highest BCUT2D eigenvalue weighted by molar-refractivity contribution is 7.99. The highest BCUT2D eigenvalue weighted by Crippen LogP contribution is 2.51. The summed E-state index contributed by atoms with van der Waals surface area (Å²) in [6.45, 7) is 0. The molecule has 2 aromatic carbocycles. The maximum atomic E-state index is 12.8. The predicted molar refractivity (Wildman–Crippen MR) is 104 cm³/mol. The van der Waals surface area contributed by atoms with Crippen molar-refractivity contribution in [1.82, 2.24) is 0 Å². The number of rotatable bonds is 3. The van der Waals surface area contributed by atoms with Crippen molar-refractivity contribution in [2.45, 2.75) is 23.0 Å². The third-order valence-electron chi connectivity index (χ3n) is 4.90. The number of hydrogen-bond donors (Lipinski definition) is 1. The molecule has 0 fully saturated rings. The molecule has 0 unspecified atom stereocenters. The van der Waals surface area contributed by atoms with Crippen LogP contribution >= 0.6 is 11.8 Å². The number of fused-ring (bicyclic) bond motifs is 2. The van der Waals surface area contributed by atoms with Crippen LogP contribution in [0.25, 0.3) is 0 Å². The molecule has 134 valence electrons. The first-order valence-corrected chi connectivity index (χ1v) is 9.56. The van der Waals surface area contributed by atoms with Crippen molar-refractivity contribution in [3.63, 3.8) is 0 Å². The van der Waals surface area contributed by atoms with Crippen molar-refractivity contribution in [3.8, 4) is 11.5 Å². The van der Waals surface area contributed by atoms with Gasteiger partial charge < -0.3 is 14.8 Å². The van der Waals surface area contributed by atoms with Crippen LogP contribution in [-0.4, -0.2) is 20.0 Å². The van der Waals surface area contributed by atoms with E-state index in [0.29, 0.717) is 17.9 Å². The zero-order valence-electron chi connectivity index (χ0n) is 14.8. The number of ketones is 1. The number of ether oxygens (including phenoxy) is 2. The second-order valence-electron chi connectivity index (χ2n) is 6.42. The SMILES string of the molecule is COc1ccc([C@@H]2Sc3ccccc3NC3=CCCC(=O)[C@H]32)cc1OC. The number of anilines is 1.